The highest BCUT2D eigenvalue weighted by molar-refractivity contribution is 5.98. The molecule has 0 aromatic heterocycles. The van der Waals surface area contributed by atoms with E-state index in [0.29, 0.717) is 18.9 Å². The Morgan fingerprint density at radius 3 is 2.75 bits per heavy atom. The van der Waals surface area contributed by atoms with Gasteiger partial charge in [0, 0.05) is 51.3 Å². The van der Waals surface area contributed by atoms with Crippen LogP contribution in [0.3, 0.4) is 0 Å². The molecule has 2 aromatic carbocycles. The number of anilines is 1. The molecule has 170 valence electrons. The fourth-order valence-corrected chi connectivity index (χ4v) is 4.67. The summed E-state index contributed by atoms with van der Waals surface area (Å²) in [6.07, 6.45) is 2.54. The van der Waals surface area contributed by atoms with Crippen LogP contribution in [0.2, 0.25) is 0 Å². The van der Waals surface area contributed by atoms with Gasteiger partial charge in [-0.25, -0.2) is 8.78 Å². The van der Waals surface area contributed by atoms with Crippen molar-refractivity contribution >= 4 is 17.6 Å². The summed E-state index contributed by atoms with van der Waals surface area (Å²) < 4.78 is 26.9. The molecule has 0 spiro atoms. The van der Waals surface area contributed by atoms with E-state index in [2.05, 4.69) is 33.4 Å². The number of nitrogens with zero attached hydrogens (tertiary/aromatic N) is 3. The van der Waals surface area contributed by atoms with Crippen molar-refractivity contribution in [3.8, 4) is 0 Å². The highest BCUT2D eigenvalue weighted by Crippen LogP contribution is 2.38. The van der Waals surface area contributed by atoms with Gasteiger partial charge < -0.3 is 15.1 Å². The largest absolute Gasteiger partial charge is 0.355 e. The van der Waals surface area contributed by atoms with Crippen LogP contribution in [0.4, 0.5) is 14.5 Å². The van der Waals surface area contributed by atoms with E-state index in [1.807, 2.05) is 17.9 Å². The molecule has 4 rings (SSSR count). The fraction of sp³-hybridized carbons (Fsp3) is 0.440. The van der Waals surface area contributed by atoms with E-state index in [1.165, 1.54) is 17.7 Å². The number of hydrogen-bond donors (Lipinski definition) is 1. The molecule has 0 bridgehead atoms. The molecule has 2 atom stereocenters. The Kier molecular flexibility index (Phi) is 6.72. The molecule has 0 saturated carbocycles. The summed E-state index contributed by atoms with van der Waals surface area (Å²) in [6.45, 7) is 4.96. The summed E-state index contributed by atoms with van der Waals surface area (Å²) in [5.41, 5.74) is 3.14. The molecule has 1 saturated heterocycles. The van der Waals surface area contributed by atoms with E-state index < -0.39 is 11.6 Å². The maximum absolute atomic E-state index is 13.6. The third-order valence-electron chi connectivity index (χ3n) is 6.54. The molecule has 7 heteroatoms. The summed E-state index contributed by atoms with van der Waals surface area (Å²) >= 11 is 0. The zero-order valence-corrected chi connectivity index (χ0v) is 18.7. The molecule has 5 nitrogen and oxygen atoms in total. The highest BCUT2D eigenvalue weighted by Gasteiger charge is 2.32. The smallest absolute Gasteiger partial charge is 0.222 e. The average molecular weight is 441 g/mol. The van der Waals surface area contributed by atoms with Crippen LogP contribution in [0.1, 0.15) is 49.1 Å². The minimum atomic E-state index is -0.833. The third kappa shape index (κ3) is 4.61. The SMILES string of the molecule is CN=C(NCC(C)c1ccc(F)c(F)c1)N1CC(CCN2CCCC2=O)c2ccccc21. The van der Waals surface area contributed by atoms with E-state index in [1.54, 1.807) is 13.1 Å². The number of hydrogen-bond acceptors (Lipinski definition) is 2. The van der Waals surface area contributed by atoms with Gasteiger partial charge in [0.15, 0.2) is 17.6 Å². The molecular weight excluding hydrogens is 410 g/mol. The Bertz CT molecular complexity index is 1010. The number of carbonyl (C=O) groups excluding carboxylic acids is 1. The number of amides is 1. The van der Waals surface area contributed by atoms with Crippen LogP contribution in [0.15, 0.2) is 47.5 Å². The van der Waals surface area contributed by atoms with Crippen LogP contribution in [0, 0.1) is 11.6 Å². The summed E-state index contributed by atoms with van der Waals surface area (Å²) in [5, 5.41) is 3.40. The van der Waals surface area contributed by atoms with Gasteiger partial charge in [-0.3, -0.25) is 9.79 Å². The van der Waals surface area contributed by atoms with Crippen molar-refractivity contribution in [1.29, 1.82) is 0 Å². The van der Waals surface area contributed by atoms with Crippen LogP contribution < -0.4 is 10.2 Å². The summed E-state index contributed by atoms with van der Waals surface area (Å²) in [6, 6.07) is 12.4. The number of fused-ring (bicyclic) bond motifs is 1. The molecular formula is C25H30F2N4O. The number of carbonyl (C=O) groups is 1. The molecule has 1 amide bonds. The zero-order valence-electron chi connectivity index (χ0n) is 18.7. The fourth-order valence-electron chi connectivity index (χ4n) is 4.67. The normalized spacial score (nSPS) is 19.4. The minimum Gasteiger partial charge on any atom is -0.355 e. The number of likely N-dealkylation sites (tertiary alicyclic amines) is 1. The first kappa shape index (κ1) is 22.2. The Morgan fingerprint density at radius 1 is 1.22 bits per heavy atom. The van der Waals surface area contributed by atoms with Crippen molar-refractivity contribution < 1.29 is 13.6 Å². The van der Waals surface area contributed by atoms with Gasteiger partial charge in [-0.15, -0.1) is 0 Å². The second-order valence-electron chi connectivity index (χ2n) is 8.64. The lowest BCUT2D eigenvalue weighted by molar-refractivity contribution is -0.127. The van der Waals surface area contributed by atoms with Gasteiger partial charge in [-0.2, -0.15) is 0 Å². The molecule has 32 heavy (non-hydrogen) atoms. The van der Waals surface area contributed by atoms with Crippen LogP contribution in [0.5, 0.6) is 0 Å². The Hall–Kier alpha value is -2.96. The molecule has 2 aliphatic heterocycles. The first-order chi connectivity index (χ1) is 15.5. The molecule has 2 heterocycles. The van der Waals surface area contributed by atoms with Gasteiger partial charge in [0.25, 0.3) is 0 Å². The number of aliphatic imine (C=N–C) groups is 1. The first-order valence-corrected chi connectivity index (χ1v) is 11.3. The van der Waals surface area contributed by atoms with Gasteiger partial charge in [0.05, 0.1) is 0 Å². The van der Waals surface area contributed by atoms with Crippen molar-refractivity contribution in [3.63, 3.8) is 0 Å². The quantitative estimate of drug-likeness (QED) is 0.539. The molecule has 0 radical (unpaired) electrons. The number of para-hydroxylation sites is 1. The lowest BCUT2D eigenvalue weighted by Gasteiger charge is -2.25. The standard InChI is InChI=1S/C25H30F2N4O/c1-17(18-9-10-21(26)22(27)14-18)15-29-25(28-2)31-16-19(20-6-3-4-7-23(20)31)11-13-30-12-5-8-24(30)32/h3-4,6-7,9-10,14,17,19H,5,8,11-13,15-16H2,1-2H3,(H,28,29). The van der Waals surface area contributed by atoms with Gasteiger partial charge in [-0.1, -0.05) is 31.2 Å². The molecule has 2 aliphatic rings. The van der Waals surface area contributed by atoms with E-state index in [4.69, 9.17) is 0 Å². The number of guanidine groups is 1. The lowest BCUT2D eigenvalue weighted by atomic mass is 9.98. The van der Waals surface area contributed by atoms with E-state index in [-0.39, 0.29) is 11.8 Å². The lowest BCUT2D eigenvalue weighted by Crippen LogP contribution is -2.42. The summed E-state index contributed by atoms with van der Waals surface area (Å²) in [4.78, 5) is 20.6. The van der Waals surface area contributed by atoms with Gasteiger partial charge in [-0.05, 0) is 48.1 Å². The molecule has 1 N–H and O–H groups in total. The van der Waals surface area contributed by atoms with E-state index in [9.17, 15) is 13.6 Å². The van der Waals surface area contributed by atoms with Gasteiger partial charge in [0.2, 0.25) is 5.91 Å². The van der Waals surface area contributed by atoms with Crippen LogP contribution in [0.25, 0.3) is 0 Å². The zero-order chi connectivity index (χ0) is 22.7. The van der Waals surface area contributed by atoms with Crippen LogP contribution >= 0.6 is 0 Å². The Balaban J connectivity index is 1.43. The Labute approximate surface area is 188 Å². The number of rotatable bonds is 6. The second-order valence-corrected chi connectivity index (χ2v) is 8.64. The van der Waals surface area contributed by atoms with Gasteiger partial charge >= 0.3 is 0 Å². The average Bonchev–Trinajstić information content (AvgIpc) is 3.38. The van der Waals surface area contributed by atoms with Crippen molar-refractivity contribution in [1.82, 2.24) is 10.2 Å². The van der Waals surface area contributed by atoms with Crippen molar-refractivity contribution in [2.45, 2.75) is 38.0 Å². The molecule has 1 fully saturated rings. The van der Waals surface area contributed by atoms with Crippen LogP contribution in [-0.4, -0.2) is 50.0 Å². The first-order valence-electron chi connectivity index (χ1n) is 11.3. The highest BCUT2D eigenvalue weighted by atomic mass is 19.2. The summed E-state index contributed by atoms with van der Waals surface area (Å²) in [7, 11) is 1.75. The maximum Gasteiger partial charge on any atom is 0.222 e. The summed E-state index contributed by atoms with van der Waals surface area (Å²) in [5.74, 6) is -0.339. The van der Waals surface area contributed by atoms with E-state index >= 15 is 0 Å². The predicted molar refractivity (Wildman–Crippen MR) is 123 cm³/mol. The molecule has 0 aliphatic carbocycles. The van der Waals surface area contributed by atoms with Crippen molar-refractivity contribution in [3.05, 3.63) is 65.2 Å². The Morgan fingerprint density at radius 2 is 2.03 bits per heavy atom. The maximum atomic E-state index is 13.6. The predicted octanol–water partition coefficient (Wildman–Crippen LogP) is 4.26. The van der Waals surface area contributed by atoms with Crippen LogP contribution in [-0.2, 0) is 4.79 Å². The number of benzene rings is 2. The monoisotopic (exact) mass is 440 g/mol. The minimum absolute atomic E-state index is 0.0170. The number of nitrogens with one attached hydrogen (secondary N) is 1. The van der Waals surface area contributed by atoms with Crippen molar-refractivity contribution in [2.24, 2.45) is 4.99 Å². The molecule has 2 unspecified atom stereocenters. The van der Waals surface area contributed by atoms with Crippen molar-refractivity contribution in [2.75, 3.05) is 38.1 Å². The topological polar surface area (TPSA) is 47.9 Å². The van der Waals surface area contributed by atoms with Gasteiger partial charge in [0.1, 0.15) is 0 Å². The van der Waals surface area contributed by atoms with E-state index in [0.717, 1.165) is 49.7 Å². The molecule has 2 aromatic rings. The third-order valence-corrected chi connectivity index (χ3v) is 6.54. The number of halogens is 2. The second kappa shape index (κ2) is 9.67.